The van der Waals surface area contributed by atoms with Gasteiger partial charge in [-0.15, -0.1) is 0 Å². The van der Waals surface area contributed by atoms with E-state index in [-0.39, 0.29) is 12.4 Å². The normalized spacial score (nSPS) is 12.4. The monoisotopic (exact) mass is 405 g/mol. The van der Waals surface area contributed by atoms with Crippen LogP contribution in [-0.2, 0) is 0 Å². The molecule has 1 aliphatic rings. The topological polar surface area (TPSA) is 88.8 Å². The first-order valence-corrected chi connectivity index (χ1v) is 9.52. The smallest absolute Gasteiger partial charge is 0.231 e. The lowest BCUT2D eigenvalue weighted by molar-refractivity contribution is 0.174. The van der Waals surface area contributed by atoms with Crippen LogP contribution in [0.25, 0.3) is 23.2 Å². The molecule has 0 amide bonds. The van der Waals surface area contributed by atoms with E-state index in [1.807, 2.05) is 65.5 Å². The molecule has 0 N–H and O–H groups in total. The highest BCUT2D eigenvalue weighted by atomic mass is 16.7. The molecule has 2 aromatic heterocycles. The van der Waals surface area contributed by atoms with Crippen molar-refractivity contribution in [2.24, 2.45) is 0 Å². The minimum Gasteiger partial charge on any atom is -0.454 e. The number of benzene rings is 2. The summed E-state index contributed by atoms with van der Waals surface area (Å²) in [5.41, 5.74) is 2.44. The number of allylic oxidation sites excluding steroid dienone is 1. The molecule has 4 aromatic rings. The molecule has 7 nitrogen and oxygen atoms in total. The van der Waals surface area contributed by atoms with Crippen molar-refractivity contribution in [3.63, 3.8) is 0 Å². The van der Waals surface area contributed by atoms with Crippen molar-refractivity contribution in [3.8, 4) is 35.1 Å². The number of hydrogen-bond acceptors (Lipinski definition) is 5. The minimum atomic E-state index is 0.175. The van der Waals surface area contributed by atoms with Crippen LogP contribution >= 0.6 is 0 Å². The van der Waals surface area contributed by atoms with Gasteiger partial charge in [-0.2, -0.15) is 15.6 Å². The van der Waals surface area contributed by atoms with E-state index in [0.717, 1.165) is 11.3 Å². The fraction of sp³-hybridized carbons (Fsp3) is 0.0417. The maximum Gasteiger partial charge on any atom is 0.231 e. The summed E-state index contributed by atoms with van der Waals surface area (Å²) >= 11 is 0. The van der Waals surface area contributed by atoms with Crippen LogP contribution in [-0.4, -0.2) is 21.1 Å². The van der Waals surface area contributed by atoms with Gasteiger partial charge in [0, 0.05) is 12.4 Å². The number of aromatic nitrogens is 3. The Labute approximate surface area is 178 Å². The van der Waals surface area contributed by atoms with Crippen molar-refractivity contribution in [1.82, 2.24) is 14.3 Å². The predicted octanol–water partition coefficient (Wildman–Crippen LogP) is 4.33. The van der Waals surface area contributed by atoms with Crippen molar-refractivity contribution in [1.29, 1.82) is 10.5 Å². The third-order valence-corrected chi connectivity index (χ3v) is 4.91. The van der Waals surface area contributed by atoms with E-state index in [4.69, 9.17) is 9.47 Å². The minimum absolute atomic E-state index is 0.175. The molecule has 31 heavy (non-hydrogen) atoms. The van der Waals surface area contributed by atoms with E-state index in [9.17, 15) is 10.5 Å². The van der Waals surface area contributed by atoms with Crippen LogP contribution in [0.3, 0.4) is 0 Å². The second kappa shape index (κ2) is 7.58. The summed E-state index contributed by atoms with van der Waals surface area (Å²) in [7, 11) is 0. The summed E-state index contributed by atoms with van der Waals surface area (Å²) < 4.78 is 14.3. The van der Waals surface area contributed by atoms with Crippen LogP contribution in [0.2, 0.25) is 0 Å². The number of rotatable bonds is 4. The van der Waals surface area contributed by atoms with E-state index < -0.39 is 0 Å². The highest BCUT2D eigenvalue weighted by molar-refractivity contribution is 5.91. The molecule has 0 aliphatic carbocycles. The second-order valence-electron chi connectivity index (χ2n) is 6.78. The molecule has 0 spiro atoms. The Morgan fingerprint density at radius 1 is 0.968 bits per heavy atom. The zero-order valence-electron chi connectivity index (χ0n) is 16.3. The van der Waals surface area contributed by atoms with E-state index in [1.54, 1.807) is 22.9 Å². The molecule has 0 saturated heterocycles. The molecule has 1 aliphatic heterocycles. The molecule has 5 rings (SSSR count). The van der Waals surface area contributed by atoms with Gasteiger partial charge >= 0.3 is 0 Å². The molecular formula is C24H15N5O2. The Kier molecular flexibility index (Phi) is 4.47. The van der Waals surface area contributed by atoms with Gasteiger partial charge in [0.1, 0.15) is 23.4 Å². The lowest BCUT2D eigenvalue weighted by atomic mass is 10.1. The van der Waals surface area contributed by atoms with Gasteiger partial charge in [0.25, 0.3) is 0 Å². The maximum absolute atomic E-state index is 10.0. The van der Waals surface area contributed by atoms with Crippen LogP contribution in [0, 0.1) is 22.7 Å². The highest BCUT2D eigenvalue weighted by Crippen LogP contribution is 2.34. The van der Waals surface area contributed by atoms with Crippen molar-refractivity contribution >= 4 is 11.6 Å². The summed E-state index contributed by atoms with van der Waals surface area (Å²) in [6.07, 6.45) is 5.38. The fourth-order valence-electron chi connectivity index (χ4n) is 3.49. The Morgan fingerprint density at radius 3 is 2.48 bits per heavy atom. The van der Waals surface area contributed by atoms with Gasteiger partial charge in [-0.05, 0) is 48.0 Å². The molecule has 0 atom stereocenters. The van der Waals surface area contributed by atoms with Crippen molar-refractivity contribution in [3.05, 3.63) is 89.9 Å². The standard InChI is InChI=1S/C24H15N5O2/c25-14-18(12-17-8-9-21-22(13-17)31-16-30-21)23-20(15-26)24(28-10-4-5-11-28)29(27-23)19-6-2-1-3-7-19/h1-13H,16H2. The molecule has 3 heterocycles. The predicted molar refractivity (Wildman–Crippen MR) is 114 cm³/mol. The zero-order valence-corrected chi connectivity index (χ0v) is 16.3. The lowest BCUT2D eigenvalue weighted by Gasteiger charge is -2.08. The van der Waals surface area contributed by atoms with Crippen LogP contribution in [0.4, 0.5) is 0 Å². The van der Waals surface area contributed by atoms with Crippen LogP contribution in [0.15, 0.2) is 73.1 Å². The van der Waals surface area contributed by atoms with Crippen LogP contribution in [0.5, 0.6) is 11.5 Å². The fourth-order valence-corrected chi connectivity index (χ4v) is 3.49. The van der Waals surface area contributed by atoms with Crippen molar-refractivity contribution < 1.29 is 9.47 Å². The molecule has 0 bridgehead atoms. The molecular weight excluding hydrogens is 390 g/mol. The molecule has 148 valence electrons. The van der Waals surface area contributed by atoms with E-state index >= 15 is 0 Å². The summed E-state index contributed by atoms with van der Waals surface area (Å²) in [5, 5.41) is 24.6. The van der Waals surface area contributed by atoms with Gasteiger partial charge in [-0.1, -0.05) is 24.3 Å². The summed E-state index contributed by atoms with van der Waals surface area (Å²) in [6.45, 7) is 0.175. The Hall–Kier alpha value is -4.75. The third-order valence-electron chi connectivity index (χ3n) is 4.91. The number of ether oxygens (including phenoxy) is 2. The first-order chi connectivity index (χ1) is 15.3. The largest absolute Gasteiger partial charge is 0.454 e. The van der Waals surface area contributed by atoms with Crippen LogP contribution in [0.1, 0.15) is 16.8 Å². The van der Waals surface area contributed by atoms with E-state index in [0.29, 0.717) is 28.6 Å². The number of para-hydroxylation sites is 1. The Morgan fingerprint density at radius 2 is 1.74 bits per heavy atom. The zero-order chi connectivity index (χ0) is 21.2. The van der Waals surface area contributed by atoms with Gasteiger partial charge in [0.05, 0.1) is 11.3 Å². The van der Waals surface area contributed by atoms with E-state index in [2.05, 4.69) is 17.2 Å². The first-order valence-electron chi connectivity index (χ1n) is 9.52. The average Bonchev–Trinajstić information content (AvgIpc) is 3.56. The van der Waals surface area contributed by atoms with Crippen LogP contribution < -0.4 is 9.47 Å². The third kappa shape index (κ3) is 3.21. The lowest BCUT2D eigenvalue weighted by Crippen LogP contribution is -2.04. The highest BCUT2D eigenvalue weighted by Gasteiger charge is 2.23. The Bertz CT molecular complexity index is 1370. The van der Waals surface area contributed by atoms with Gasteiger partial charge in [-0.3, -0.25) is 0 Å². The quantitative estimate of drug-likeness (QED) is 0.472. The van der Waals surface area contributed by atoms with Gasteiger partial charge in [-0.25, -0.2) is 4.68 Å². The van der Waals surface area contributed by atoms with Gasteiger partial charge in [0.2, 0.25) is 6.79 Å². The number of nitriles is 2. The summed E-state index contributed by atoms with van der Waals surface area (Å²) in [5.74, 6) is 1.85. The van der Waals surface area contributed by atoms with E-state index in [1.165, 1.54) is 0 Å². The second-order valence-corrected chi connectivity index (χ2v) is 6.78. The number of hydrogen-bond donors (Lipinski definition) is 0. The van der Waals surface area contributed by atoms with Crippen molar-refractivity contribution in [2.75, 3.05) is 6.79 Å². The first kappa shape index (κ1) is 18.3. The van der Waals surface area contributed by atoms with Gasteiger partial charge < -0.3 is 14.0 Å². The summed E-state index contributed by atoms with van der Waals surface area (Å²) in [6, 6.07) is 23.1. The number of nitrogens with zero attached hydrogens (tertiary/aromatic N) is 5. The molecule has 0 radical (unpaired) electrons. The molecule has 0 unspecified atom stereocenters. The molecule has 7 heteroatoms. The molecule has 2 aromatic carbocycles. The average molecular weight is 405 g/mol. The Balaban J connectivity index is 1.70. The molecule has 0 saturated carbocycles. The van der Waals surface area contributed by atoms with Crippen molar-refractivity contribution in [2.45, 2.75) is 0 Å². The summed E-state index contributed by atoms with van der Waals surface area (Å²) in [4.78, 5) is 0. The van der Waals surface area contributed by atoms with Gasteiger partial charge in [0.15, 0.2) is 17.3 Å². The number of fused-ring (bicyclic) bond motifs is 1. The maximum atomic E-state index is 10.0. The SMILES string of the molecule is N#CC(=Cc1ccc2c(c1)OCO2)c1nn(-c2ccccc2)c(-n2cccc2)c1C#N. The molecule has 0 fully saturated rings.